The van der Waals surface area contributed by atoms with Crippen LogP contribution in [0.3, 0.4) is 0 Å². The Morgan fingerprint density at radius 3 is 2.89 bits per heavy atom. The Morgan fingerprint density at radius 1 is 1.56 bits per heavy atom. The summed E-state index contributed by atoms with van der Waals surface area (Å²) >= 11 is 1.15. The van der Waals surface area contributed by atoms with E-state index < -0.39 is 0 Å². The molecule has 1 N–H and O–H groups in total. The van der Waals surface area contributed by atoms with Crippen molar-refractivity contribution in [2.45, 2.75) is 25.5 Å². The number of nitrogens with zero attached hydrogens (tertiary/aromatic N) is 2. The molecule has 1 amide bonds. The van der Waals surface area contributed by atoms with Gasteiger partial charge in [-0.2, -0.15) is 0 Å². The van der Waals surface area contributed by atoms with E-state index in [-0.39, 0.29) is 27.8 Å². The van der Waals surface area contributed by atoms with Gasteiger partial charge in [-0.3, -0.25) is 24.3 Å². The van der Waals surface area contributed by atoms with Crippen LogP contribution < -0.4 is 10.5 Å². The molecule has 0 spiro atoms. The molecule has 0 aromatic carbocycles. The van der Waals surface area contributed by atoms with E-state index in [4.69, 9.17) is 0 Å². The van der Waals surface area contributed by atoms with Crippen molar-refractivity contribution in [3.63, 3.8) is 0 Å². The van der Waals surface area contributed by atoms with Crippen molar-refractivity contribution in [1.82, 2.24) is 9.97 Å². The first-order chi connectivity index (χ1) is 8.45. The van der Waals surface area contributed by atoms with Crippen molar-refractivity contribution in [3.8, 4) is 0 Å². The molecule has 0 aliphatic carbocycles. The van der Waals surface area contributed by atoms with Gasteiger partial charge in [0.1, 0.15) is 0 Å². The number of carbonyl (C=O) groups excluding carboxylic acids is 2. The van der Waals surface area contributed by atoms with Crippen LogP contribution in [0.5, 0.6) is 0 Å². The minimum atomic E-state index is -0.284. The second-order valence-electron chi connectivity index (χ2n) is 4.15. The zero-order valence-electron chi connectivity index (χ0n) is 10.1. The predicted octanol–water partition coefficient (Wildman–Crippen LogP) is 0.463. The summed E-state index contributed by atoms with van der Waals surface area (Å²) in [6, 6.07) is 1.37. The number of nitrogens with one attached hydrogen (secondary N) is 1. The number of aromatic amines is 1. The average molecular weight is 267 g/mol. The number of aryl methyl sites for hydroxylation is 1. The zero-order valence-corrected chi connectivity index (χ0v) is 10.9. The number of thioether (sulfide) groups is 1. The highest BCUT2D eigenvalue weighted by atomic mass is 32.2. The van der Waals surface area contributed by atoms with Crippen LogP contribution in [0.4, 0.5) is 5.95 Å². The van der Waals surface area contributed by atoms with Crippen LogP contribution in [0, 0.1) is 6.92 Å². The normalized spacial score (nSPS) is 19.3. The van der Waals surface area contributed by atoms with Crippen LogP contribution in [0.25, 0.3) is 0 Å². The second kappa shape index (κ2) is 4.93. The van der Waals surface area contributed by atoms with Gasteiger partial charge in [0, 0.05) is 36.9 Å². The molecule has 2 heterocycles. The van der Waals surface area contributed by atoms with E-state index in [2.05, 4.69) is 9.97 Å². The fraction of sp³-hybridized carbons (Fsp3) is 0.455. The van der Waals surface area contributed by atoms with Crippen LogP contribution in [0.2, 0.25) is 0 Å². The number of hydrogen-bond acceptors (Lipinski definition) is 5. The Morgan fingerprint density at radius 2 is 2.28 bits per heavy atom. The van der Waals surface area contributed by atoms with E-state index in [1.165, 1.54) is 17.9 Å². The first kappa shape index (κ1) is 12.8. The maximum Gasteiger partial charge on any atom is 0.252 e. The van der Waals surface area contributed by atoms with Gasteiger partial charge in [0.05, 0.1) is 0 Å². The van der Waals surface area contributed by atoms with E-state index in [0.717, 1.165) is 11.8 Å². The lowest BCUT2D eigenvalue weighted by atomic mass is 10.4. The summed E-state index contributed by atoms with van der Waals surface area (Å²) in [5.41, 5.74) is 0.275. The van der Waals surface area contributed by atoms with Gasteiger partial charge in [-0.15, -0.1) is 0 Å². The summed E-state index contributed by atoms with van der Waals surface area (Å²) in [5.74, 6) is 0.138. The van der Waals surface area contributed by atoms with Crippen molar-refractivity contribution in [3.05, 3.63) is 22.1 Å². The highest BCUT2D eigenvalue weighted by Crippen LogP contribution is 2.26. The summed E-state index contributed by atoms with van der Waals surface area (Å²) < 4.78 is 0. The van der Waals surface area contributed by atoms with E-state index in [1.54, 1.807) is 6.92 Å². The zero-order chi connectivity index (χ0) is 13.3. The summed E-state index contributed by atoms with van der Waals surface area (Å²) in [6.07, 6.45) is 0.294. The van der Waals surface area contributed by atoms with Crippen molar-refractivity contribution in [2.75, 3.05) is 11.4 Å². The third-order valence-electron chi connectivity index (χ3n) is 2.54. The van der Waals surface area contributed by atoms with Crippen molar-refractivity contribution < 1.29 is 9.59 Å². The van der Waals surface area contributed by atoms with E-state index in [0.29, 0.717) is 18.7 Å². The molecule has 6 nitrogen and oxygen atoms in total. The van der Waals surface area contributed by atoms with Crippen molar-refractivity contribution >= 4 is 28.7 Å². The predicted molar refractivity (Wildman–Crippen MR) is 68.6 cm³/mol. The monoisotopic (exact) mass is 267 g/mol. The Kier molecular flexibility index (Phi) is 3.51. The number of rotatable bonds is 2. The van der Waals surface area contributed by atoms with Gasteiger partial charge in [-0.05, 0) is 6.92 Å². The SMILES string of the molecule is CC(=O)SC1CC(=O)N(c2nc(C)cc(=O)[nH]2)C1. The molecule has 1 aromatic heterocycles. The Bertz CT molecular complexity index is 555. The van der Waals surface area contributed by atoms with Crippen LogP contribution >= 0.6 is 11.8 Å². The van der Waals surface area contributed by atoms with Gasteiger partial charge in [0.25, 0.3) is 5.56 Å². The molecule has 1 unspecified atom stereocenters. The molecule has 1 aliphatic rings. The fourth-order valence-electron chi connectivity index (χ4n) is 1.88. The van der Waals surface area contributed by atoms with Crippen molar-refractivity contribution in [1.29, 1.82) is 0 Å². The summed E-state index contributed by atoms with van der Waals surface area (Å²) in [6.45, 7) is 3.57. The largest absolute Gasteiger partial charge is 0.292 e. The summed E-state index contributed by atoms with van der Waals surface area (Å²) in [4.78, 5) is 42.3. The fourth-order valence-corrected chi connectivity index (χ4v) is 2.80. The van der Waals surface area contributed by atoms with Gasteiger partial charge >= 0.3 is 0 Å². The van der Waals surface area contributed by atoms with Crippen LogP contribution in [-0.2, 0) is 9.59 Å². The topological polar surface area (TPSA) is 83.1 Å². The molecule has 1 aromatic rings. The first-order valence-electron chi connectivity index (χ1n) is 5.51. The van der Waals surface area contributed by atoms with Gasteiger partial charge in [0.2, 0.25) is 11.9 Å². The summed E-state index contributed by atoms with van der Waals surface area (Å²) in [5, 5.41) is -0.0823. The number of hydrogen-bond donors (Lipinski definition) is 1. The lowest BCUT2D eigenvalue weighted by Crippen LogP contribution is -2.29. The van der Waals surface area contributed by atoms with E-state index in [9.17, 15) is 14.4 Å². The molecule has 18 heavy (non-hydrogen) atoms. The standard InChI is InChI=1S/C11H13N3O3S/c1-6-3-9(16)13-11(12-6)14-5-8(4-10(14)17)18-7(2)15/h3,8H,4-5H2,1-2H3,(H,12,13,16). The Labute approximate surface area is 108 Å². The number of amides is 1. The minimum absolute atomic E-state index is 0.0136. The molecule has 1 saturated heterocycles. The van der Waals surface area contributed by atoms with Crippen LogP contribution in [0.15, 0.2) is 10.9 Å². The molecule has 1 atom stereocenters. The Hall–Kier alpha value is -1.63. The molecule has 1 fully saturated rings. The minimum Gasteiger partial charge on any atom is -0.292 e. The number of aromatic nitrogens is 2. The third-order valence-corrected chi connectivity index (χ3v) is 3.52. The first-order valence-corrected chi connectivity index (χ1v) is 6.39. The molecular weight excluding hydrogens is 254 g/mol. The highest BCUT2D eigenvalue weighted by Gasteiger charge is 2.33. The van der Waals surface area contributed by atoms with Gasteiger partial charge in [0.15, 0.2) is 5.12 Å². The van der Waals surface area contributed by atoms with Crippen molar-refractivity contribution in [2.24, 2.45) is 0 Å². The van der Waals surface area contributed by atoms with Crippen LogP contribution in [-0.4, -0.2) is 32.8 Å². The maximum absolute atomic E-state index is 11.8. The molecule has 0 saturated carbocycles. The molecule has 0 radical (unpaired) electrons. The maximum atomic E-state index is 11.8. The Balaban J connectivity index is 2.21. The summed E-state index contributed by atoms with van der Waals surface area (Å²) in [7, 11) is 0. The van der Waals surface area contributed by atoms with Crippen LogP contribution in [0.1, 0.15) is 19.0 Å². The van der Waals surface area contributed by atoms with Gasteiger partial charge in [-0.1, -0.05) is 11.8 Å². The molecule has 2 rings (SSSR count). The smallest absolute Gasteiger partial charge is 0.252 e. The lowest BCUT2D eigenvalue weighted by Gasteiger charge is -2.14. The highest BCUT2D eigenvalue weighted by molar-refractivity contribution is 8.14. The number of anilines is 1. The quantitative estimate of drug-likeness (QED) is 0.841. The molecule has 1 aliphatic heterocycles. The molecule has 0 bridgehead atoms. The van der Waals surface area contributed by atoms with E-state index >= 15 is 0 Å². The molecular formula is C11H13N3O3S. The molecule has 7 heteroatoms. The second-order valence-corrected chi connectivity index (χ2v) is 5.63. The third kappa shape index (κ3) is 2.79. The number of carbonyl (C=O) groups is 2. The van der Waals surface area contributed by atoms with Gasteiger partial charge in [-0.25, -0.2) is 4.98 Å². The lowest BCUT2D eigenvalue weighted by molar-refractivity contribution is -0.117. The average Bonchev–Trinajstić information content (AvgIpc) is 2.56. The molecule has 96 valence electrons. The number of H-pyrrole nitrogens is 1. The van der Waals surface area contributed by atoms with E-state index in [1.807, 2.05) is 0 Å². The van der Waals surface area contributed by atoms with Gasteiger partial charge < -0.3 is 0 Å².